The first-order valence-electron chi connectivity index (χ1n) is 7.03. The predicted molar refractivity (Wildman–Crippen MR) is 75.3 cm³/mol. The van der Waals surface area contributed by atoms with Crippen molar-refractivity contribution in [1.82, 2.24) is 5.32 Å². The molecule has 0 bridgehead atoms. The van der Waals surface area contributed by atoms with E-state index in [2.05, 4.69) is 12.2 Å². The third-order valence-electron chi connectivity index (χ3n) is 3.03. The molecular formula is C15H21NO4. The summed E-state index contributed by atoms with van der Waals surface area (Å²) in [6.07, 6.45) is 3.06. The molecule has 1 atom stereocenters. The normalized spacial score (nSPS) is 15.7. The van der Waals surface area contributed by atoms with Crippen LogP contribution in [0.3, 0.4) is 0 Å². The summed E-state index contributed by atoms with van der Waals surface area (Å²) in [6.45, 7) is 2.87. The highest BCUT2D eigenvalue weighted by Crippen LogP contribution is 2.20. The van der Waals surface area contributed by atoms with Crippen LogP contribution in [0.4, 0.5) is 0 Å². The Kier molecular flexibility index (Phi) is 5.24. The average molecular weight is 279 g/mol. The lowest BCUT2D eigenvalue weighted by Crippen LogP contribution is -2.42. The van der Waals surface area contributed by atoms with Crippen LogP contribution in [0.1, 0.15) is 26.2 Å². The van der Waals surface area contributed by atoms with Crippen molar-refractivity contribution in [2.75, 3.05) is 13.2 Å². The Labute approximate surface area is 118 Å². The summed E-state index contributed by atoms with van der Waals surface area (Å²) in [5.74, 6) is 0.572. The summed E-state index contributed by atoms with van der Waals surface area (Å²) in [6, 6.07) is 6.93. The lowest BCUT2D eigenvalue weighted by Gasteiger charge is -2.15. The summed E-state index contributed by atoms with van der Waals surface area (Å²) in [5.41, 5.74) is 0. The number of ether oxygens (including phenoxy) is 2. The Morgan fingerprint density at radius 3 is 2.40 bits per heavy atom. The predicted octanol–water partition coefficient (Wildman–Crippen LogP) is 2.06. The van der Waals surface area contributed by atoms with Crippen LogP contribution in [0.15, 0.2) is 24.3 Å². The Morgan fingerprint density at radius 1 is 1.30 bits per heavy atom. The second-order valence-corrected chi connectivity index (χ2v) is 4.96. The van der Waals surface area contributed by atoms with E-state index in [4.69, 9.17) is 14.6 Å². The number of nitrogens with one attached hydrogen (secondary N) is 1. The summed E-state index contributed by atoms with van der Waals surface area (Å²) < 4.78 is 11.0. The largest absolute Gasteiger partial charge is 0.494 e. The number of carboxylic acid groups (broad SMARTS) is 1. The fraction of sp³-hybridized carbons (Fsp3) is 0.533. The van der Waals surface area contributed by atoms with E-state index in [9.17, 15) is 4.79 Å². The number of rotatable bonds is 9. The summed E-state index contributed by atoms with van der Waals surface area (Å²) >= 11 is 0. The van der Waals surface area contributed by atoms with E-state index in [0.29, 0.717) is 18.4 Å². The van der Waals surface area contributed by atoms with Crippen LogP contribution in [0, 0.1) is 0 Å². The molecule has 0 aromatic heterocycles. The third-order valence-corrected chi connectivity index (χ3v) is 3.03. The lowest BCUT2D eigenvalue weighted by atomic mass is 10.3. The molecule has 2 N–H and O–H groups in total. The smallest absolute Gasteiger partial charge is 0.324 e. The third kappa shape index (κ3) is 4.74. The van der Waals surface area contributed by atoms with Gasteiger partial charge in [-0.05, 0) is 43.5 Å². The van der Waals surface area contributed by atoms with Gasteiger partial charge in [0.25, 0.3) is 0 Å². The van der Waals surface area contributed by atoms with Crippen molar-refractivity contribution < 1.29 is 19.4 Å². The van der Waals surface area contributed by atoms with E-state index >= 15 is 0 Å². The number of aliphatic carboxylic acids is 1. The van der Waals surface area contributed by atoms with Crippen LogP contribution in [0.5, 0.6) is 11.5 Å². The zero-order valence-corrected chi connectivity index (χ0v) is 11.7. The van der Waals surface area contributed by atoms with E-state index in [1.807, 2.05) is 12.1 Å². The Morgan fingerprint density at radius 2 is 1.90 bits per heavy atom. The van der Waals surface area contributed by atoms with Gasteiger partial charge in [-0.2, -0.15) is 0 Å². The zero-order valence-electron chi connectivity index (χ0n) is 11.7. The van der Waals surface area contributed by atoms with Crippen LogP contribution in [0.2, 0.25) is 0 Å². The molecule has 1 aromatic carbocycles. The summed E-state index contributed by atoms with van der Waals surface area (Å²) in [5, 5.41) is 12.2. The molecule has 1 aromatic rings. The maximum absolute atomic E-state index is 11.1. The molecule has 110 valence electrons. The summed E-state index contributed by atoms with van der Waals surface area (Å²) in [7, 11) is 0. The number of carboxylic acids is 1. The fourth-order valence-electron chi connectivity index (χ4n) is 1.76. The van der Waals surface area contributed by atoms with Crippen LogP contribution < -0.4 is 14.8 Å². The fourth-order valence-corrected chi connectivity index (χ4v) is 1.76. The maximum Gasteiger partial charge on any atom is 0.324 e. The Bertz CT molecular complexity index is 428. The minimum absolute atomic E-state index is 0.126. The van der Waals surface area contributed by atoms with Gasteiger partial charge in [-0.1, -0.05) is 6.92 Å². The molecule has 0 heterocycles. The SMILES string of the molecule is CCCOc1ccc(OCC(NC2CC2)C(=O)O)cc1. The zero-order chi connectivity index (χ0) is 14.4. The number of benzene rings is 1. The van der Waals surface area contributed by atoms with Crippen molar-refractivity contribution in [2.24, 2.45) is 0 Å². The van der Waals surface area contributed by atoms with Gasteiger partial charge in [0.15, 0.2) is 0 Å². The van der Waals surface area contributed by atoms with E-state index in [1.165, 1.54) is 0 Å². The molecule has 0 spiro atoms. The van der Waals surface area contributed by atoms with Crippen molar-refractivity contribution in [1.29, 1.82) is 0 Å². The minimum Gasteiger partial charge on any atom is -0.494 e. The van der Waals surface area contributed by atoms with E-state index in [1.54, 1.807) is 12.1 Å². The van der Waals surface area contributed by atoms with Gasteiger partial charge in [0.05, 0.1) is 6.61 Å². The molecule has 1 unspecified atom stereocenters. The van der Waals surface area contributed by atoms with Crippen molar-refractivity contribution in [3.05, 3.63) is 24.3 Å². The molecule has 2 rings (SSSR count). The molecule has 0 saturated heterocycles. The first-order chi connectivity index (χ1) is 9.69. The monoisotopic (exact) mass is 279 g/mol. The van der Waals surface area contributed by atoms with Crippen LogP contribution in [0.25, 0.3) is 0 Å². The molecule has 1 aliphatic rings. The van der Waals surface area contributed by atoms with Gasteiger partial charge in [0.2, 0.25) is 0 Å². The number of carbonyl (C=O) groups is 1. The van der Waals surface area contributed by atoms with Crippen LogP contribution in [-0.2, 0) is 4.79 Å². The Balaban J connectivity index is 1.80. The van der Waals surface area contributed by atoms with Gasteiger partial charge in [-0.25, -0.2) is 0 Å². The van der Waals surface area contributed by atoms with Crippen molar-refractivity contribution in [3.63, 3.8) is 0 Å². The van der Waals surface area contributed by atoms with Crippen molar-refractivity contribution in [2.45, 2.75) is 38.3 Å². The van der Waals surface area contributed by atoms with Gasteiger partial charge in [-0.3, -0.25) is 10.1 Å². The van der Waals surface area contributed by atoms with Crippen LogP contribution >= 0.6 is 0 Å². The Hall–Kier alpha value is -1.75. The van der Waals surface area contributed by atoms with Crippen LogP contribution in [-0.4, -0.2) is 36.4 Å². The minimum atomic E-state index is -0.875. The second-order valence-electron chi connectivity index (χ2n) is 4.96. The molecule has 1 aliphatic carbocycles. The van der Waals surface area contributed by atoms with Gasteiger partial charge in [-0.15, -0.1) is 0 Å². The standard InChI is InChI=1S/C15H21NO4/c1-2-9-19-12-5-7-13(8-6-12)20-10-14(15(17)18)16-11-3-4-11/h5-8,11,14,16H,2-4,9-10H2,1H3,(H,17,18). The lowest BCUT2D eigenvalue weighted by molar-refractivity contribution is -0.140. The molecule has 1 saturated carbocycles. The average Bonchev–Trinajstić information content (AvgIpc) is 3.26. The molecule has 20 heavy (non-hydrogen) atoms. The molecule has 0 aliphatic heterocycles. The molecule has 5 heteroatoms. The second kappa shape index (κ2) is 7.14. The molecular weight excluding hydrogens is 258 g/mol. The van der Waals surface area contributed by atoms with Crippen molar-refractivity contribution >= 4 is 5.97 Å². The van der Waals surface area contributed by atoms with Gasteiger partial charge >= 0.3 is 5.97 Å². The van der Waals surface area contributed by atoms with Gasteiger partial charge in [0.1, 0.15) is 24.1 Å². The molecule has 5 nitrogen and oxygen atoms in total. The first-order valence-corrected chi connectivity index (χ1v) is 7.03. The van der Waals surface area contributed by atoms with Gasteiger partial charge < -0.3 is 14.6 Å². The number of hydrogen-bond donors (Lipinski definition) is 2. The van der Waals surface area contributed by atoms with Gasteiger partial charge in [0, 0.05) is 6.04 Å². The quantitative estimate of drug-likeness (QED) is 0.724. The van der Waals surface area contributed by atoms with E-state index < -0.39 is 12.0 Å². The molecule has 1 fully saturated rings. The maximum atomic E-state index is 11.1. The van der Waals surface area contributed by atoms with E-state index in [0.717, 1.165) is 25.0 Å². The highest BCUT2D eigenvalue weighted by molar-refractivity contribution is 5.73. The summed E-state index contributed by atoms with van der Waals surface area (Å²) in [4.78, 5) is 11.1. The molecule has 0 radical (unpaired) electrons. The van der Waals surface area contributed by atoms with Crippen molar-refractivity contribution in [3.8, 4) is 11.5 Å². The number of hydrogen-bond acceptors (Lipinski definition) is 4. The molecule has 0 amide bonds. The highest BCUT2D eigenvalue weighted by Gasteiger charge is 2.28. The van der Waals surface area contributed by atoms with E-state index in [-0.39, 0.29) is 6.61 Å². The highest BCUT2D eigenvalue weighted by atomic mass is 16.5. The topological polar surface area (TPSA) is 67.8 Å². The first kappa shape index (κ1) is 14.7.